The largest absolute Gasteiger partial charge is 0.356 e. The van der Waals surface area contributed by atoms with Crippen molar-refractivity contribution in [1.82, 2.24) is 15.6 Å². The number of carbonyl (C=O) groups excluding carboxylic acids is 1. The molecule has 0 spiro atoms. The lowest BCUT2D eigenvalue weighted by atomic mass is 9.70. The van der Waals surface area contributed by atoms with E-state index < -0.39 is 0 Å². The first-order valence-electron chi connectivity index (χ1n) is 9.98. The summed E-state index contributed by atoms with van der Waals surface area (Å²) in [7, 11) is 0. The minimum absolute atomic E-state index is 0.0966. The lowest BCUT2D eigenvalue weighted by Gasteiger charge is -2.34. The van der Waals surface area contributed by atoms with Crippen LogP contribution < -0.4 is 10.7 Å². The summed E-state index contributed by atoms with van der Waals surface area (Å²) in [5.74, 6) is 0.870. The van der Waals surface area contributed by atoms with Crippen molar-refractivity contribution in [2.75, 3.05) is 11.1 Å². The topological polar surface area (TPSA) is 79.3 Å². The van der Waals surface area contributed by atoms with Gasteiger partial charge in [-0.15, -0.1) is 10.2 Å². The van der Waals surface area contributed by atoms with Crippen LogP contribution in [-0.2, 0) is 11.3 Å². The van der Waals surface area contributed by atoms with Crippen molar-refractivity contribution in [3.63, 3.8) is 0 Å². The van der Waals surface area contributed by atoms with Gasteiger partial charge in [0.05, 0.1) is 5.75 Å². The first kappa shape index (κ1) is 20.3. The highest BCUT2D eigenvalue weighted by Crippen LogP contribution is 2.63. The zero-order valence-electron chi connectivity index (χ0n) is 17.1. The number of carbonyl (C=O) groups is 1. The highest BCUT2D eigenvalue weighted by molar-refractivity contribution is 8.01. The van der Waals surface area contributed by atoms with E-state index in [4.69, 9.17) is 0 Å². The summed E-state index contributed by atoms with van der Waals surface area (Å²) < 4.78 is 0.774. The number of anilines is 1. The molecule has 29 heavy (non-hydrogen) atoms. The highest BCUT2D eigenvalue weighted by Gasteiger charge is 2.60. The van der Waals surface area contributed by atoms with Crippen LogP contribution in [0, 0.1) is 16.7 Å². The third kappa shape index (κ3) is 4.05. The molecule has 0 aliphatic heterocycles. The summed E-state index contributed by atoms with van der Waals surface area (Å²) in [4.78, 5) is 12.3. The van der Waals surface area contributed by atoms with Gasteiger partial charge < -0.3 is 5.32 Å². The van der Waals surface area contributed by atoms with Gasteiger partial charge in [-0.25, -0.2) is 5.43 Å². The van der Waals surface area contributed by atoms with Crippen molar-refractivity contribution in [3.05, 3.63) is 35.9 Å². The van der Waals surface area contributed by atoms with Gasteiger partial charge in [0.15, 0.2) is 4.34 Å². The maximum Gasteiger partial charge on any atom is 0.250 e. The molecule has 1 aromatic carbocycles. The number of benzene rings is 1. The fraction of sp³-hybridized carbons (Fsp3) is 0.524. The van der Waals surface area contributed by atoms with Crippen LogP contribution >= 0.6 is 23.1 Å². The molecule has 154 valence electrons. The predicted octanol–water partition coefficient (Wildman–Crippen LogP) is 4.56. The SMILES string of the molecule is CC12CCC(C/C1=N/NC(=O)CSc1nnc(NCc3ccccc3)s1)C2(C)C. The van der Waals surface area contributed by atoms with Crippen molar-refractivity contribution >= 4 is 39.8 Å². The quantitative estimate of drug-likeness (QED) is 0.498. The third-order valence-corrected chi connectivity index (χ3v) is 8.86. The molecule has 0 saturated heterocycles. The Morgan fingerprint density at radius 1 is 1.28 bits per heavy atom. The average molecular weight is 430 g/mol. The van der Waals surface area contributed by atoms with Crippen molar-refractivity contribution < 1.29 is 4.79 Å². The zero-order chi connectivity index (χ0) is 20.5. The Balaban J connectivity index is 1.25. The molecular weight excluding hydrogens is 402 g/mol. The fourth-order valence-electron chi connectivity index (χ4n) is 4.50. The molecule has 2 saturated carbocycles. The number of hydrazone groups is 1. The Labute approximate surface area is 180 Å². The summed E-state index contributed by atoms with van der Waals surface area (Å²) >= 11 is 2.85. The molecule has 1 aromatic heterocycles. The lowest BCUT2D eigenvalue weighted by molar-refractivity contribution is -0.118. The number of hydrogen-bond acceptors (Lipinski definition) is 7. The van der Waals surface area contributed by atoms with Crippen molar-refractivity contribution in [3.8, 4) is 0 Å². The monoisotopic (exact) mass is 429 g/mol. The van der Waals surface area contributed by atoms with Gasteiger partial charge in [0, 0.05) is 17.7 Å². The van der Waals surface area contributed by atoms with E-state index in [9.17, 15) is 4.79 Å². The summed E-state index contributed by atoms with van der Waals surface area (Å²) in [5, 5.41) is 16.8. The van der Waals surface area contributed by atoms with Gasteiger partial charge >= 0.3 is 0 Å². The average Bonchev–Trinajstić information content (AvgIpc) is 3.32. The molecule has 2 aromatic rings. The molecular formula is C21H27N5OS2. The summed E-state index contributed by atoms with van der Waals surface area (Å²) in [6.07, 6.45) is 3.44. The van der Waals surface area contributed by atoms with Gasteiger partial charge in [-0.2, -0.15) is 5.10 Å². The normalized spacial score (nSPS) is 26.0. The smallest absolute Gasteiger partial charge is 0.250 e. The van der Waals surface area contributed by atoms with Crippen LogP contribution in [0.4, 0.5) is 5.13 Å². The number of rotatable bonds is 7. The second-order valence-electron chi connectivity index (χ2n) is 8.59. The number of hydrogen-bond donors (Lipinski definition) is 2. The molecule has 4 rings (SSSR count). The summed E-state index contributed by atoms with van der Waals surface area (Å²) in [6.45, 7) is 7.67. The molecule has 2 aliphatic rings. The number of thioether (sulfide) groups is 1. The lowest BCUT2D eigenvalue weighted by Crippen LogP contribution is -2.34. The zero-order valence-corrected chi connectivity index (χ0v) is 18.7. The fourth-order valence-corrected chi connectivity index (χ4v) is 6.04. The molecule has 2 N–H and O–H groups in total. The van der Waals surface area contributed by atoms with Crippen molar-refractivity contribution in [1.29, 1.82) is 0 Å². The standard InChI is InChI=1S/C21H27N5OS2/c1-20(2)15-9-10-21(20,3)16(11-15)23-24-17(27)13-28-19-26-25-18(29-19)22-12-14-7-5-4-6-8-14/h4-8,15H,9-13H2,1-3H3,(H,22,25)(H,24,27)/b23-16-. The number of amides is 1. The third-order valence-electron chi connectivity index (χ3n) is 6.85. The van der Waals surface area contributed by atoms with Crippen molar-refractivity contribution in [2.24, 2.45) is 21.8 Å². The van der Waals surface area contributed by atoms with Crippen LogP contribution in [-0.4, -0.2) is 27.6 Å². The van der Waals surface area contributed by atoms with Crippen LogP contribution in [0.1, 0.15) is 45.6 Å². The van der Waals surface area contributed by atoms with Crippen LogP contribution in [0.2, 0.25) is 0 Å². The molecule has 1 amide bonds. The minimum Gasteiger partial charge on any atom is -0.356 e. The Morgan fingerprint density at radius 3 is 2.76 bits per heavy atom. The molecule has 0 radical (unpaired) electrons. The molecule has 2 aliphatic carbocycles. The van der Waals surface area contributed by atoms with Crippen LogP contribution in [0.25, 0.3) is 0 Å². The second kappa shape index (κ2) is 8.07. The summed E-state index contributed by atoms with van der Waals surface area (Å²) in [6, 6.07) is 10.1. The van der Waals surface area contributed by atoms with Gasteiger partial charge in [-0.3, -0.25) is 4.79 Å². The highest BCUT2D eigenvalue weighted by atomic mass is 32.2. The number of nitrogens with zero attached hydrogens (tertiary/aromatic N) is 3. The predicted molar refractivity (Wildman–Crippen MR) is 119 cm³/mol. The second-order valence-corrected chi connectivity index (χ2v) is 10.8. The molecule has 8 heteroatoms. The molecule has 2 atom stereocenters. The Morgan fingerprint density at radius 2 is 2.07 bits per heavy atom. The molecule has 6 nitrogen and oxygen atoms in total. The van der Waals surface area contributed by atoms with E-state index in [0.717, 1.165) is 28.0 Å². The molecule has 2 fully saturated rings. The molecule has 1 heterocycles. The molecule has 2 bridgehead atoms. The van der Waals surface area contributed by atoms with Crippen LogP contribution in [0.15, 0.2) is 39.8 Å². The van der Waals surface area contributed by atoms with E-state index in [1.807, 2.05) is 18.2 Å². The Bertz CT molecular complexity index is 911. The number of nitrogens with one attached hydrogen (secondary N) is 2. The first-order valence-corrected chi connectivity index (χ1v) is 11.8. The minimum atomic E-state index is -0.0966. The number of fused-ring (bicyclic) bond motifs is 2. The van der Waals surface area contributed by atoms with E-state index in [0.29, 0.717) is 12.5 Å². The maximum atomic E-state index is 12.3. The van der Waals surface area contributed by atoms with Crippen LogP contribution in [0.3, 0.4) is 0 Å². The van der Waals surface area contributed by atoms with Crippen molar-refractivity contribution in [2.45, 2.75) is 50.9 Å². The first-order chi connectivity index (χ1) is 13.9. The van der Waals surface area contributed by atoms with E-state index in [1.54, 1.807) is 0 Å². The molecule has 2 unspecified atom stereocenters. The summed E-state index contributed by atoms with van der Waals surface area (Å²) in [5.41, 5.74) is 5.48. The Hall–Kier alpha value is -1.93. The maximum absolute atomic E-state index is 12.3. The van der Waals surface area contributed by atoms with E-state index in [1.165, 1.54) is 35.1 Å². The van der Waals surface area contributed by atoms with Gasteiger partial charge in [0.1, 0.15) is 0 Å². The van der Waals surface area contributed by atoms with Gasteiger partial charge in [0.25, 0.3) is 5.91 Å². The van der Waals surface area contributed by atoms with Crippen LogP contribution in [0.5, 0.6) is 0 Å². The van der Waals surface area contributed by atoms with Gasteiger partial charge in [-0.1, -0.05) is 74.2 Å². The van der Waals surface area contributed by atoms with Gasteiger partial charge in [0.2, 0.25) is 5.13 Å². The van der Waals surface area contributed by atoms with E-state index >= 15 is 0 Å². The number of aromatic nitrogens is 2. The van der Waals surface area contributed by atoms with E-state index in [-0.39, 0.29) is 22.5 Å². The Kier molecular flexibility index (Phi) is 5.66. The van der Waals surface area contributed by atoms with Gasteiger partial charge in [-0.05, 0) is 36.2 Å². The van der Waals surface area contributed by atoms with E-state index in [2.05, 4.69) is 58.9 Å².